The summed E-state index contributed by atoms with van der Waals surface area (Å²) >= 11 is 0. The lowest BCUT2D eigenvalue weighted by molar-refractivity contribution is -0.147. The van der Waals surface area contributed by atoms with Crippen LogP contribution in [0.15, 0.2) is 30.3 Å². The van der Waals surface area contributed by atoms with Crippen LogP contribution in [0.4, 0.5) is 0 Å². The van der Waals surface area contributed by atoms with Crippen molar-refractivity contribution in [2.75, 3.05) is 13.6 Å². The van der Waals surface area contributed by atoms with Gasteiger partial charge in [0.05, 0.1) is 5.41 Å². The third-order valence-corrected chi connectivity index (χ3v) is 3.45. The van der Waals surface area contributed by atoms with E-state index in [1.807, 2.05) is 19.9 Å². The Labute approximate surface area is 120 Å². The van der Waals surface area contributed by atoms with Crippen LogP contribution >= 0.6 is 0 Å². The molecular weight excluding hydrogens is 254 g/mol. The second kappa shape index (κ2) is 6.55. The lowest BCUT2D eigenvalue weighted by atomic mass is 9.79. The fourth-order valence-electron chi connectivity index (χ4n) is 2.19. The number of aliphatic carboxylic acids is 1. The molecule has 0 bridgehead atoms. The molecule has 1 N–H and O–H groups in total. The van der Waals surface area contributed by atoms with Gasteiger partial charge in [-0.05, 0) is 18.4 Å². The number of carboxylic acid groups (broad SMARTS) is 1. The van der Waals surface area contributed by atoms with E-state index in [1.165, 1.54) is 0 Å². The Kier molecular flexibility index (Phi) is 5.31. The van der Waals surface area contributed by atoms with Crippen LogP contribution in [0.5, 0.6) is 0 Å². The predicted octanol–water partition coefficient (Wildman–Crippen LogP) is 2.53. The van der Waals surface area contributed by atoms with Crippen molar-refractivity contribution in [3.05, 3.63) is 35.9 Å². The SMILES string of the molecule is CC(C)CN(C)C(=O)CC(C)(C(=O)O)c1ccccc1. The Morgan fingerprint density at radius 3 is 2.25 bits per heavy atom. The summed E-state index contributed by atoms with van der Waals surface area (Å²) in [4.78, 5) is 25.5. The number of benzene rings is 1. The Bertz CT molecular complexity index is 470. The normalized spacial score (nSPS) is 13.8. The third kappa shape index (κ3) is 3.83. The van der Waals surface area contributed by atoms with Crippen LogP contribution in [0.1, 0.15) is 32.8 Å². The third-order valence-electron chi connectivity index (χ3n) is 3.45. The highest BCUT2D eigenvalue weighted by Crippen LogP contribution is 2.28. The molecule has 4 heteroatoms. The number of hydrogen-bond acceptors (Lipinski definition) is 2. The van der Waals surface area contributed by atoms with E-state index < -0.39 is 11.4 Å². The van der Waals surface area contributed by atoms with Crippen LogP contribution in [0.25, 0.3) is 0 Å². The van der Waals surface area contributed by atoms with Crippen molar-refractivity contribution >= 4 is 11.9 Å². The van der Waals surface area contributed by atoms with Crippen LogP contribution in [-0.4, -0.2) is 35.5 Å². The minimum Gasteiger partial charge on any atom is -0.481 e. The number of carboxylic acids is 1. The molecule has 0 radical (unpaired) electrons. The van der Waals surface area contributed by atoms with Gasteiger partial charge < -0.3 is 10.0 Å². The molecule has 0 aliphatic heterocycles. The molecule has 0 saturated carbocycles. The molecule has 1 amide bonds. The molecular formula is C16H23NO3. The highest BCUT2D eigenvalue weighted by atomic mass is 16.4. The van der Waals surface area contributed by atoms with Gasteiger partial charge in [-0.1, -0.05) is 44.2 Å². The zero-order chi connectivity index (χ0) is 15.3. The first kappa shape index (κ1) is 16.2. The minimum atomic E-state index is -1.19. The van der Waals surface area contributed by atoms with Gasteiger partial charge in [0.2, 0.25) is 5.91 Å². The molecule has 0 fully saturated rings. The van der Waals surface area contributed by atoms with Crippen molar-refractivity contribution < 1.29 is 14.7 Å². The van der Waals surface area contributed by atoms with Gasteiger partial charge in [0.25, 0.3) is 0 Å². The van der Waals surface area contributed by atoms with Gasteiger partial charge in [-0.15, -0.1) is 0 Å². The smallest absolute Gasteiger partial charge is 0.314 e. The molecule has 0 heterocycles. The van der Waals surface area contributed by atoms with E-state index in [9.17, 15) is 14.7 Å². The van der Waals surface area contributed by atoms with Crippen LogP contribution in [0, 0.1) is 5.92 Å². The van der Waals surface area contributed by atoms with Gasteiger partial charge in [0.1, 0.15) is 0 Å². The zero-order valence-corrected chi connectivity index (χ0v) is 12.6. The van der Waals surface area contributed by atoms with Gasteiger partial charge in [-0.3, -0.25) is 9.59 Å². The Balaban J connectivity index is 2.94. The molecule has 0 aliphatic rings. The first-order valence-corrected chi connectivity index (χ1v) is 6.80. The van der Waals surface area contributed by atoms with Gasteiger partial charge in [-0.2, -0.15) is 0 Å². The summed E-state index contributed by atoms with van der Waals surface area (Å²) < 4.78 is 0. The molecule has 1 atom stereocenters. The monoisotopic (exact) mass is 277 g/mol. The second-order valence-electron chi connectivity index (χ2n) is 5.85. The molecule has 4 nitrogen and oxygen atoms in total. The summed E-state index contributed by atoms with van der Waals surface area (Å²) in [5, 5.41) is 9.53. The average Bonchev–Trinajstić information content (AvgIpc) is 2.38. The second-order valence-corrected chi connectivity index (χ2v) is 5.85. The number of carbonyl (C=O) groups is 2. The molecule has 0 aromatic heterocycles. The highest BCUT2D eigenvalue weighted by molar-refractivity contribution is 5.89. The quantitative estimate of drug-likeness (QED) is 0.869. The Morgan fingerprint density at radius 1 is 1.25 bits per heavy atom. The Morgan fingerprint density at radius 2 is 1.80 bits per heavy atom. The largest absolute Gasteiger partial charge is 0.481 e. The van der Waals surface area contributed by atoms with Crippen LogP contribution in [-0.2, 0) is 15.0 Å². The topological polar surface area (TPSA) is 57.6 Å². The van der Waals surface area contributed by atoms with E-state index in [-0.39, 0.29) is 12.3 Å². The van der Waals surface area contributed by atoms with E-state index in [1.54, 1.807) is 43.1 Å². The summed E-state index contributed by atoms with van der Waals surface area (Å²) in [5.74, 6) is -0.765. The van der Waals surface area contributed by atoms with Crippen molar-refractivity contribution in [3.63, 3.8) is 0 Å². The Hall–Kier alpha value is -1.84. The van der Waals surface area contributed by atoms with E-state index in [0.717, 1.165) is 0 Å². The molecule has 1 unspecified atom stereocenters. The van der Waals surface area contributed by atoms with E-state index in [4.69, 9.17) is 0 Å². The minimum absolute atomic E-state index is 0.0322. The summed E-state index contributed by atoms with van der Waals surface area (Å²) in [7, 11) is 1.72. The summed E-state index contributed by atoms with van der Waals surface area (Å²) in [6.07, 6.45) is -0.0322. The molecule has 1 aromatic carbocycles. The number of hydrogen-bond donors (Lipinski definition) is 1. The van der Waals surface area contributed by atoms with Gasteiger partial charge in [0, 0.05) is 20.0 Å². The lowest BCUT2D eigenvalue weighted by Crippen LogP contribution is -2.40. The molecule has 20 heavy (non-hydrogen) atoms. The summed E-state index contributed by atoms with van der Waals surface area (Å²) in [5.41, 5.74) is -0.539. The number of amides is 1. The zero-order valence-electron chi connectivity index (χ0n) is 12.6. The van der Waals surface area contributed by atoms with Crippen LogP contribution < -0.4 is 0 Å². The van der Waals surface area contributed by atoms with Crippen molar-refractivity contribution in [2.24, 2.45) is 5.92 Å². The average molecular weight is 277 g/mol. The van der Waals surface area contributed by atoms with Gasteiger partial charge in [0.15, 0.2) is 0 Å². The molecule has 0 aliphatic carbocycles. The molecule has 1 aromatic rings. The molecule has 0 spiro atoms. The van der Waals surface area contributed by atoms with E-state index in [2.05, 4.69) is 0 Å². The summed E-state index contributed by atoms with van der Waals surface area (Å²) in [6, 6.07) is 8.92. The number of carbonyl (C=O) groups excluding carboxylic acids is 1. The maximum atomic E-state index is 12.2. The van der Waals surface area contributed by atoms with Crippen LogP contribution in [0.2, 0.25) is 0 Å². The fourth-order valence-corrected chi connectivity index (χ4v) is 2.19. The summed E-state index contributed by atoms with van der Waals surface area (Å²) in [6.45, 7) is 6.28. The highest BCUT2D eigenvalue weighted by Gasteiger charge is 2.38. The van der Waals surface area contributed by atoms with E-state index in [0.29, 0.717) is 18.0 Å². The lowest BCUT2D eigenvalue weighted by Gasteiger charge is -2.28. The number of nitrogens with zero attached hydrogens (tertiary/aromatic N) is 1. The molecule has 110 valence electrons. The van der Waals surface area contributed by atoms with Crippen molar-refractivity contribution in [1.29, 1.82) is 0 Å². The first-order chi connectivity index (χ1) is 9.27. The number of rotatable bonds is 6. The van der Waals surface area contributed by atoms with Crippen molar-refractivity contribution in [2.45, 2.75) is 32.6 Å². The molecule has 1 rings (SSSR count). The van der Waals surface area contributed by atoms with Crippen LogP contribution in [0.3, 0.4) is 0 Å². The van der Waals surface area contributed by atoms with Gasteiger partial charge >= 0.3 is 5.97 Å². The standard InChI is InChI=1S/C16H23NO3/c1-12(2)11-17(4)14(18)10-16(3,15(19)20)13-8-6-5-7-9-13/h5-9,12H,10-11H2,1-4H3,(H,19,20). The fraction of sp³-hybridized carbons (Fsp3) is 0.500. The first-order valence-electron chi connectivity index (χ1n) is 6.80. The molecule has 0 saturated heterocycles. The van der Waals surface area contributed by atoms with Crippen molar-refractivity contribution in [1.82, 2.24) is 4.90 Å². The van der Waals surface area contributed by atoms with Crippen molar-refractivity contribution in [3.8, 4) is 0 Å². The maximum Gasteiger partial charge on any atom is 0.314 e. The predicted molar refractivity (Wildman–Crippen MR) is 78.5 cm³/mol. The van der Waals surface area contributed by atoms with E-state index >= 15 is 0 Å². The maximum absolute atomic E-state index is 12.2. The van der Waals surface area contributed by atoms with Gasteiger partial charge in [-0.25, -0.2) is 0 Å².